The Hall–Kier alpha value is -2.10. The fourth-order valence-electron chi connectivity index (χ4n) is 2.97. The number of halogens is 1. The first kappa shape index (κ1) is 25.9. The largest absolute Gasteiger partial charge is 0.361 e. The Morgan fingerprint density at radius 2 is 1.80 bits per heavy atom. The summed E-state index contributed by atoms with van der Waals surface area (Å²) in [7, 11) is 0. The number of rotatable bonds is 10. The van der Waals surface area contributed by atoms with Crippen LogP contribution < -0.4 is 16.0 Å². The van der Waals surface area contributed by atoms with Gasteiger partial charge in [0.1, 0.15) is 5.76 Å². The third kappa shape index (κ3) is 7.97. The van der Waals surface area contributed by atoms with Crippen molar-refractivity contribution in [1.82, 2.24) is 15.8 Å². The van der Waals surface area contributed by atoms with Gasteiger partial charge in [-0.1, -0.05) is 38.1 Å². The van der Waals surface area contributed by atoms with Crippen molar-refractivity contribution in [2.75, 3.05) is 11.9 Å². The van der Waals surface area contributed by atoms with Crippen molar-refractivity contribution in [1.29, 1.82) is 0 Å². The van der Waals surface area contributed by atoms with Crippen LogP contribution in [0, 0.1) is 0 Å². The normalized spacial score (nSPS) is 11.0. The molecule has 0 spiro atoms. The molecule has 1 amide bonds. The molecule has 0 saturated carbocycles. The number of anilines is 1. The van der Waals surface area contributed by atoms with Crippen molar-refractivity contribution >= 4 is 41.5 Å². The van der Waals surface area contributed by atoms with E-state index in [-0.39, 0.29) is 29.9 Å². The molecule has 8 heteroatoms. The van der Waals surface area contributed by atoms with Crippen LogP contribution in [0.1, 0.15) is 63.1 Å². The Morgan fingerprint density at radius 1 is 1.07 bits per heavy atom. The summed E-state index contributed by atoms with van der Waals surface area (Å²) in [5.74, 6) is 1.72. The van der Waals surface area contributed by atoms with E-state index in [9.17, 15) is 4.79 Å². The van der Waals surface area contributed by atoms with Gasteiger partial charge in [-0.3, -0.25) is 4.79 Å². The lowest BCUT2D eigenvalue weighted by Crippen LogP contribution is -2.37. The van der Waals surface area contributed by atoms with Crippen molar-refractivity contribution in [3.63, 3.8) is 0 Å². The molecule has 0 atom stereocenters. The average molecular weight is 527 g/mol. The van der Waals surface area contributed by atoms with Crippen LogP contribution in [-0.2, 0) is 30.7 Å². The molecule has 166 valence electrons. The van der Waals surface area contributed by atoms with Gasteiger partial charge in [0.2, 0.25) is 5.91 Å². The van der Waals surface area contributed by atoms with Gasteiger partial charge in [0.25, 0.3) is 0 Å². The maximum absolute atomic E-state index is 11.7. The van der Waals surface area contributed by atoms with Crippen molar-refractivity contribution in [3.05, 3.63) is 46.8 Å². The van der Waals surface area contributed by atoms with E-state index in [4.69, 9.17) is 4.52 Å². The monoisotopic (exact) mass is 527 g/mol. The minimum absolute atomic E-state index is 0. The molecule has 2 aromatic rings. The highest BCUT2D eigenvalue weighted by Gasteiger charge is 2.13. The van der Waals surface area contributed by atoms with E-state index in [1.165, 1.54) is 0 Å². The molecule has 0 fully saturated rings. The van der Waals surface area contributed by atoms with Gasteiger partial charge < -0.3 is 20.5 Å². The van der Waals surface area contributed by atoms with Gasteiger partial charge in [-0.15, -0.1) is 24.0 Å². The van der Waals surface area contributed by atoms with Gasteiger partial charge >= 0.3 is 0 Å². The third-order valence-corrected chi connectivity index (χ3v) is 4.52. The SMILES string of the molecule is CCCC(=O)Nc1ccc(CN=C(NCC)NCc2c(CC)noc2CC)cc1.I. The lowest BCUT2D eigenvalue weighted by molar-refractivity contribution is -0.116. The quantitative estimate of drug-likeness (QED) is 0.242. The molecule has 0 radical (unpaired) electrons. The van der Waals surface area contributed by atoms with Crippen molar-refractivity contribution in [2.45, 2.75) is 66.5 Å². The molecule has 0 aliphatic heterocycles. The number of nitrogens with zero attached hydrogens (tertiary/aromatic N) is 2. The molecule has 1 heterocycles. The molecular weight excluding hydrogens is 493 g/mol. The molecule has 7 nitrogen and oxygen atoms in total. The minimum atomic E-state index is 0. The molecule has 30 heavy (non-hydrogen) atoms. The Bertz CT molecular complexity index is 781. The summed E-state index contributed by atoms with van der Waals surface area (Å²) in [6, 6.07) is 7.80. The van der Waals surface area contributed by atoms with Crippen LogP contribution in [-0.4, -0.2) is 23.6 Å². The molecule has 1 aromatic carbocycles. The number of guanidine groups is 1. The highest BCUT2D eigenvalue weighted by atomic mass is 127. The number of amides is 1. The van der Waals surface area contributed by atoms with Gasteiger partial charge in [-0.2, -0.15) is 0 Å². The Balaban J connectivity index is 0.00000450. The zero-order chi connectivity index (χ0) is 21.1. The smallest absolute Gasteiger partial charge is 0.224 e. The van der Waals surface area contributed by atoms with Gasteiger partial charge in [0.15, 0.2) is 5.96 Å². The number of carbonyl (C=O) groups excluding carboxylic acids is 1. The highest BCUT2D eigenvalue weighted by Crippen LogP contribution is 2.15. The number of nitrogens with one attached hydrogen (secondary N) is 3. The number of aryl methyl sites for hydroxylation is 2. The van der Waals surface area contributed by atoms with E-state index in [2.05, 4.69) is 39.9 Å². The van der Waals surface area contributed by atoms with Gasteiger partial charge in [-0.25, -0.2) is 4.99 Å². The number of aromatic nitrogens is 1. The van der Waals surface area contributed by atoms with Crippen molar-refractivity contribution in [2.24, 2.45) is 4.99 Å². The number of aliphatic imine (C=N–C) groups is 1. The zero-order valence-electron chi connectivity index (χ0n) is 18.4. The second kappa shape index (κ2) is 14.0. The topological polar surface area (TPSA) is 91.5 Å². The van der Waals surface area contributed by atoms with Gasteiger partial charge in [0, 0.05) is 37.2 Å². The van der Waals surface area contributed by atoms with Crippen LogP contribution in [0.2, 0.25) is 0 Å². The number of hydrogen-bond acceptors (Lipinski definition) is 4. The van der Waals surface area contributed by atoms with Crippen molar-refractivity contribution < 1.29 is 9.32 Å². The zero-order valence-corrected chi connectivity index (χ0v) is 20.7. The van der Waals surface area contributed by atoms with Crippen LogP contribution >= 0.6 is 24.0 Å². The summed E-state index contributed by atoms with van der Waals surface area (Å²) < 4.78 is 5.43. The average Bonchev–Trinajstić information content (AvgIpc) is 3.13. The Labute approximate surface area is 196 Å². The van der Waals surface area contributed by atoms with Crippen LogP contribution in [0.15, 0.2) is 33.8 Å². The molecule has 0 saturated heterocycles. The summed E-state index contributed by atoms with van der Waals surface area (Å²) in [6.07, 6.45) is 3.04. The van der Waals surface area contributed by atoms with Gasteiger partial charge in [-0.05, 0) is 37.5 Å². The molecule has 3 N–H and O–H groups in total. The maximum atomic E-state index is 11.7. The number of benzene rings is 1. The lowest BCUT2D eigenvalue weighted by atomic mass is 10.1. The second-order valence-corrected chi connectivity index (χ2v) is 6.78. The lowest BCUT2D eigenvalue weighted by Gasteiger charge is -2.12. The highest BCUT2D eigenvalue weighted by molar-refractivity contribution is 14.0. The summed E-state index contributed by atoms with van der Waals surface area (Å²) >= 11 is 0. The van der Waals surface area contributed by atoms with Crippen LogP contribution in [0.3, 0.4) is 0 Å². The van der Waals surface area contributed by atoms with Crippen molar-refractivity contribution in [3.8, 4) is 0 Å². The maximum Gasteiger partial charge on any atom is 0.224 e. The van der Waals surface area contributed by atoms with E-state index >= 15 is 0 Å². The summed E-state index contributed by atoms with van der Waals surface area (Å²) in [5, 5.41) is 13.7. The molecule has 0 aliphatic rings. The standard InChI is InChI=1S/C22H33N5O2.HI/c1-5-9-21(28)26-17-12-10-16(11-13-17)14-24-22(23-8-4)25-15-18-19(6-2)27-29-20(18)7-3;/h10-13H,5-9,14-15H2,1-4H3,(H,26,28)(H2,23,24,25);1H. The predicted octanol–water partition coefficient (Wildman–Crippen LogP) is 4.41. The van der Waals surface area contributed by atoms with E-state index in [1.807, 2.05) is 38.1 Å². The third-order valence-electron chi connectivity index (χ3n) is 4.52. The molecule has 0 aliphatic carbocycles. The minimum Gasteiger partial charge on any atom is -0.361 e. The first-order valence-electron chi connectivity index (χ1n) is 10.5. The second-order valence-electron chi connectivity index (χ2n) is 6.78. The fourth-order valence-corrected chi connectivity index (χ4v) is 2.97. The van der Waals surface area contributed by atoms with E-state index in [1.54, 1.807) is 0 Å². The Kier molecular flexibility index (Phi) is 12.1. The van der Waals surface area contributed by atoms with Crippen LogP contribution in [0.5, 0.6) is 0 Å². The summed E-state index contributed by atoms with van der Waals surface area (Å²) in [5.41, 5.74) is 4.00. The predicted molar refractivity (Wildman–Crippen MR) is 132 cm³/mol. The van der Waals surface area contributed by atoms with E-state index in [0.717, 1.165) is 60.0 Å². The Morgan fingerprint density at radius 3 is 2.40 bits per heavy atom. The molecule has 1 aromatic heterocycles. The number of carbonyl (C=O) groups is 1. The first-order valence-corrected chi connectivity index (χ1v) is 10.5. The van der Waals surface area contributed by atoms with Crippen LogP contribution in [0.25, 0.3) is 0 Å². The fraction of sp³-hybridized carbons (Fsp3) is 0.500. The number of hydrogen-bond donors (Lipinski definition) is 3. The molecular formula is C22H34IN5O2. The molecule has 0 unspecified atom stereocenters. The van der Waals surface area contributed by atoms with E-state index in [0.29, 0.717) is 19.5 Å². The van der Waals surface area contributed by atoms with Gasteiger partial charge in [0.05, 0.1) is 12.2 Å². The molecule has 2 rings (SSSR count). The van der Waals surface area contributed by atoms with Crippen LogP contribution in [0.4, 0.5) is 5.69 Å². The van der Waals surface area contributed by atoms with E-state index < -0.39 is 0 Å². The first-order chi connectivity index (χ1) is 14.1. The summed E-state index contributed by atoms with van der Waals surface area (Å²) in [4.78, 5) is 16.4. The summed E-state index contributed by atoms with van der Waals surface area (Å²) in [6.45, 7) is 10.1. The molecule has 0 bridgehead atoms.